The predicted molar refractivity (Wildman–Crippen MR) is 114 cm³/mol. The molecule has 2 N–H and O–H groups in total. The van der Waals surface area contributed by atoms with E-state index in [4.69, 9.17) is 9.47 Å². The number of thioether (sulfide) groups is 1. The molecule has 1 saturated carbocycles. The maximum atomic E-state index is 12.8. The molecule has 7 heteroatoms. The van der Waals surface area contributed by atoms with Gasteiger partial charge in [0.25, 0.3) is 0 Å². The smallest absolute Gasteiger partial charge is 0.246 e. The van der Waals surface area contributed by atoms with Crippen molar-refractivity contribution in [2.75, 3.05) is 31.5 Å². The predicted octanol–water partition coefficient (Wildman–Crippen LogP) is 3.71. The fourth-order valence-corrected chi connectivity index (χ4v) is 3.93. The van der Waals surface area contributed by atoms with E-state index in [1.165, 1.54) is 0 Å². The molecule has 28 heavy (non-hydrogen) atoms. The lowest BCUT2D eigenvalue weighted by atomic mass is 9.82. The van der Waals surface area contributed by atoms with Crippen LogP contribution in [0.1, 0.15) is 39.0 Å². The van der Waals surface area contributed by atoms with Crippen LogP contribution in [0, 0.1) is 11.8 Å². The van der Waals surface area contributed by atoms with E-state index in [0.29, 0.717) is 29.5 Å². The Bertz CT molecular complexity index is 660. The van der Waals surface area contributed by atoms with Crippen LogP contribution in [0.5, 0.6) is 11.5 Å². The number of anilines is 1. The van der Waals surface area contributed by atoms with Crippen molar-refractivity contribution in [3.8, 4) is 11.5 Å². The Labute approximate surface area is 172 Å². The molecule has 0 aromatic heterocycles. The maximum Gasteiger partial charge on any atom is 0.246 e. The molecule has 0 saturated heterocycles. The first-order valence-electron chi connectivity index (χ1n) is 9.80. The molecule has 1 fully saturated rings. The summed E-state index contributed by atoms with van der Waals surface area (Å²) in [5.74, 6) is 2.43. The lowest BCUT2D eigenvalue weighted by Gasteiger charge is -2.27. The third-order valence-corrected chi connectivity index (χ3v) is 5.93. The Morgan fingerprint density at radius 3 is 2.43 bits per heavy atom. The van der Waals surface area contributed by atoms with Crippen LogP contribution in [-0.4, -0.2) is 44.1 Å². The van der Waals surface area contributed by atoms with Crippen molar-refractivity contribution in [1.82, 2.24) is 5.32 Å². The first-order valence-corrected chi connectivity index (χ1v) is 11.2. The van der Waals surface area contributed by atoms with Crippen LogP contribution in [0.15, 0.2) is 18.2 Å². The van der Waals surface area contributed by atoms with Crippen LogP contribution in [-0.2, 0) is 9.59 Å². The summed E-state index contributed by atoms with van der Waals surface area (Å²) < 4.78 is 10.5. The van der Waals surface area contributed by atoms with Crippen molar-refractivity contribution in [1.29, 1.82) is 0 Å². The van der Waals surface area contributed by atoms with Crippen LogP contribution in [0.25, 0.3) is 0 Å². The monoisotopic (exact) mass is 408 g/mol. The topological polar surface area (TPSA) is 76.7 Å². The molecule has 0 spiro atoms. The maximum absolute atomic E-state index is 12.8. The number of methoxy groups -OCH3 is 2. The molecule has 0 heterocycles. The molecule has 0 aliphatic heterocycles. The fraction of sp³-hybridized carbons (Fsp3) is 0.619. The number of benzene rings is 1. The number of carbonyl (C=O) groups excluding carboxylic acids is 2. The average molecular weight is 409 g/mol. The van der Waals surface area contributed by atoms with Gasteiger partial charge in [0.1, 0.15) is 6.04 Å². The number of hydrogen-bond donors (Lipinski definition) is 2. The molecule has 2 amide bonds. The Kier molecular flexibility index (Phi) is 8.96. The molecule has 1 aromatic rings. The molecular formula is C21H32N2O4S. The largest absolute Gasteiger partial charge is 0.493 e. The second-order valence-electron chi connectivity index (χ2n) is 7.36. The van der Waals surface area contributed by atoms with Crippen molar-refractivity contribution in [2.24, 2.45) is 11.8 Å². The van der Waals surface area contributed by atoms with E-state index in [0.717, 1.165) is 31.4 Å². The summed E-state index contributed by atoms with van der Waals surface area (Å²) in [6.45, 7) is 2.23. The van der Waals surface area contributed by atoms with Gasteiger partial charge in [-0.2, -0.15) is 11.8 Å². The van der Waals surface area contributed by atoms with Crippen LogP contribution >= 0.6 is 11.8 Å². The molecule has 0 bridgehead atoms. The third kappa shape index (κ3) is 6.33. The van der Waals surface area contributed by atoms with Gasteiger partial charge in [0, 0.05) is 17.7 Å². The van der Waals surface area contributed by atoms with Gasteiger partial charge in [0.15, 0.2) is 11.5 Å². The lowest BCUT2D eigenvalue weighted by molar-refractivity contribution is -0.130. The average Bonchev–Trinajstić information content (AvgIpc) is 2.71. The van der Waals surface area contributed by atoms with Crippen LogP contribution in [0.4, 0.5) is 5.69 Å². The van der Waals surface area contributed by atoms with Crippen LogP contribution in [0.2, 0.25) is 0 Å². The zero-order valence-corrected chi connectivity index (χ0v) is 18.1. The summed E-state index contributed by atoms with van der Waals surface area (Å²) in [6.07, 6.45) is 6.54. The molecule has 0 radical (unpaired) electrons. The molecule has 1 aliphatic carbocycles. The van der Waals surface area contributed by atoms with Gasteiger partial charge >= 0.3 is 0 Å². The van der Waals surface area contributed by atoms with Crippen LogP contribution < -0.4 is 20.1 Å². The van der Waals surface area contributed by atoms with Crippen molar-refractivity contribution in [3.05, 3.63) is 18.2 Å². The zero-order chi connectivity index (χ0) is 20.5. The van der Waals surface area contributed by atoms with Crippen molar-refractivity contribution < 1.29 is 19.1 Å². The minimum Gasteiger partial charge on any atom is -0.493 e. The lowest BCUT2D eigenvalue weighted by Crippen LogP contribution is -2.46. The minimum absolute atomic E-state index is 0.000430. The number of carbonyl (C=O) groups is 2. The van der Waals surface area contributed by atoms with E-state index < -0.39 is 6.04 Å². The summed E-state index contributed by atoms with van der Waals surface area (Å²) in [4.78, 5) is 25.5. The molecule has 0 unspecified atom stereocenters. The Hall–Kier alpha value is -1.89. The van der Waals surface area contributed by atoms with Gasteiger partial charge in [0.05, 0.1) is 14.2 Å². The highest BCUT2D eigenvalue weighted by molar-refractivity contribution is 7.98. The second kappa shape index (κ2) is 11.2. The van der Waals surface area contributed by atoms with Gasteiger partial charge in [-0.15, -0.1) is 0 Å². The quantitative estimate of drug-likeness (QED) is 0.651. The van der Waals surface area contributed by atoms with E-state index in [1.54, 1.807) is 44.2 Å². The molecule has 6 nitrogen and oxygen atoms in total. The standard InChI is InChI=1S/C21H32N2O4S/c1-14-5-7-15(8-6-14)20(24)23-17(11-12-28-4)21(25)22-16-9-10-18(26-2)19(13-16)27-3/h9-10,13-15,17H,5-8,11-12H2,1-4H3,(H,22,25)(H,23,24)/t14?,15?,17-/m0/s1. The highest BCUT2D eigenvalue weighted by atomic mass is 32.2. The normalized spacial score (nSPS) is 20.1. The van der Waals surface area contributed by atoms with Gasteiger partial charge in [-0.1, -0.05) is 6.92 Å². The number of nitrogens with one attached hydrogen (secondary N) is 2. The summed E-state index contributed by atoms with van der Waals surface area (Å²) in [7, 11) is 3.12. The summed E-state index contributed by atoms with van der Waals surface area (Å²) in [6, 6.07) is 4.67. The number of ether oxygens (including phenoxy) is 2. The first-order chi connectivity index (χ1) is 13.5. The number of rotatable bonds is 9. The van der Waals surface area contributed by atoms with E-state index in [1.807, 2.05) is 6.26 Å². The van der Waals surface area contributed by atoms with Gasteiger partial charge in [0.2, 0.25) is 11.8 Å². The van der Waals surface area contributed by atoms with E-state index >= 15 is 0 Å². The fourth-order valence-electron chi connectivity index (χ4n) is 3.46. The van der Waals surface area contributed by atoms with Crippen molar-refractivity contribution >= 4 is 29.3 Å². The molecule has 1 aromatic carbocycles. The number of amides is 2. The third-order valence-electron chi connectivity index (χ3n) is 5.28. The summed E-state index contributed by atoms with van der Waals surface area (Å²) >= 11 is 1.66. The summed E-state index contributed by atoms with van der Waals surface area (Å²) in [5, 5.41) is 5.88. The van der Waals surface area contributed by atoms with Gasteiger partial charge < -0.3 is 20.1 Å². The molecule has 2 rings (SSSR count). The SMILES string of the molecule is COc1ccc(NC(=O)[C@H](CCSC)NC(=O)C2CCC(C)CC2)cc1OC. The Morgan fingerprint density at radius 2 is 1.82 bits per heavy atom. The minimum atomic E-state index is -0.549. The Balaban J connectivity index is 2.03. The van der Waals surface area contributed by atoms with Gasteiger partial charge in [-0.05, 0) is 62.2 Å². The highest BCUT2D eigenvalue weighted by Gasteiger charge is 2.28. The highest BCUT2D eigenvalue weighted by Crippen LogP contribution is 2.30. The van der Waals surface area contributed by atoms with E-state index in [2.05, 4.69) is 17.6 Å². The number of hydrogen-bond acceptors (Lipinski definition) is 5. The van der Waals surface area contributed by atoms with Gasteiger partial charge in [-0.3, -0.25) is 9.59 Å². The van der Waals surface area contributed by atoms with E-state index in [9.17, 15) is 9.59 Å². The van der Waals surface area contributed by atoms with Crippen molar-refractivity contribution in [2.45, 2.75) is 45.1 Å². The summed E-state index contributed by atoms with van der Waals surface area (Å²) in [5.41, 5.74) is 0.609. The second-order valence-corrected chi connectivity index (χ2v) is 8.34. The van der Waals surface area contributed by atoms with Crippen molar-refractivity contribution in [3.63, 3.8) is 0 Å². The Morgan fingerprint density at radius 1 is 1.14 bits per heavy atom. The zero-order valence-electron chi connectivity index (χ0n) is 17.2. The van der Waals surface area contributed by atoms with Crippen LogP contribution in [0.3, 0.4) is 0 Å². The van der Waals surface area contributed by atoms with Gasteiger partial charge in [-0.25, -0.2) is 0 Å². The molecule has 1 aliphatic rings. The molecule has 1 atom stereocenters. The first kappa shape index (κ1) is 22.4. The molecule has 156 valence electrons. The van der Waals surface area contributed by atoms with E-state index in [-0.39, 0.29) is 17.7 Å². The molecular weight excluding hydrogens is 376 g/mol.